The third kappa shape index (κ3) is 3.55. The number of likely N-dealkylation sites (tertiary alicyclic amines) is 1. The van der Waals surface area contributed by atoms with E-state index in [9.17, 15) is 0 Å². The first kappa shape index (κ1) is 13.9. The first-order valence-electron chi connectivity index (χ1n) is 7.39. The van der Waals surface area contributed by atoms with Gasteiger partial charge in [-0.15, -0.1) is 0 Å². The molecule has 0 radical (unpaired) electrons. The second-order valence-electron chi connectivity index (χ2n) is 5.66. The standard InChI is InChI=1S/C16H21N5/c1-12-8-16(19-11-18-12)20-15-5-7-21(10-15)9-14-4-3-6-17-13(14)2/h3-4,6,8,11,15H,5,7,9-10H2,1-2H3,(H,18,19,20). The van der Waals surface area contributed by atoms with E-state index in [1.165, 1.54) is 5.56 Å². The van der Waals surface area contributed by atoms with Crippen LogP contribution in [0.1, 0.15) is 23.4 Å². The molecule has 0 bridgehead atoms. The van der Waals surface area contributed by atoms with Crippen LogP contribution in [0.5, 0.6) is 0 Å². The van der Waals surface area contributed by atoms with Crippen molar-refractivity contribution in [3.8, 4) is 0 Å². The molecule has 21 heavy (non-hydrogen) atoms. The molecule has 0 spiro atoms. The molecule has 3 rings (SSSR count). The topological polar surface area (TPSA) is 53.9 Å². The second-order valence-corrected chi connectivity index (χ2v) is 5.66. The number of pyridine rings is 1. The highest BCUT2D eigenvalue weighted by Gasteiger charge is 2.23. The van der Waals surface area contributed by atoms with Gasteiger partial charge in [0.2, 0.25) is 0 Å². The van der Waals surface area contributed by atoms with Crippen molar-refractivity contribution >= 4 is 5.82 Å². The van der Waals surface area contributed by atoms with Gasteiger partial charge in [-0.25, -0.2) is 9.97 Å². The zero-order chi connectivity index (χ0) is 14.7. The van der Waals surface area contributed by atoms with Crippen LogP contribution in [0.2, 0.25) is 0 Å². The van der Waals surface area contributed by atoms with Gasteiger partial charge in [0, 0.05) is 49.3 Å². The largest absolute Gasteiger partial charge is 0.366 e. The van der Waals surface area contributed by atoms with Crippen LogP contribution in [0.25, 0.3) is 0 Å². The zero-order valence-electron chi connectivity index (χ0n) is 12.6. The molecule has 0 aliphatic carbocycles. The molecule has 1 aliphatic rings. The lowest BCUT2D eigenvalue weighted by Gasteiger charge is -2.18. The van der Waals surface area contributed by atoms with E-state index in [1.54, 1.807) is 6.33 Å². The highest BCUT2D eigenvalue weighted by Crippen LogP contribution is 2.17. The van der Waals surface area contributed by atoms with Gasteiger partial charge >= 0.3 is 0 Å². The molecule has 5 nitrogen and oxygen atoms in total. The fraction of sp³-hybridized carbons (Fsp3) is 0.438. The number of rotatable bonds is 4. The van der Waals surface area contributed by atoms with E-state index in [2.05, 4.69) is 38.2 Å². The Morgan fingerprint density at radius 1 is 1.29 bits per heavy atom. The van der Waals surface area contributed by atoms with Gasteiger partial charge in [0.1, 0.15) is 12.1 Å². The van der Waals surface area contributed by atoms with E-state index >= 15 is 0 Å². The number of aryl methyl sites for hydroxylation is 2. The maximum absolute atomic E-state index is 4.36. The second kappa shape index (κ2) is 6.18. The van der Waals surface area contributed by atoms with Crippen LogP contribution >= 0.6 is 0 Å². The van der Waals surface area contributed by atoms with Crippen LogP contribution < -0.4 is 5.32 Å². The van der Waals surface area contributed by atoms with Crippen molar-refractivity contribution < 1.29 is 0 Å². The molecule has 0 saturated carbocycles. The first-order valence-corrected chi connectivity index (χ1v) is 7.39. The molecular formula is C16H21N5. The normalized spacial score (nSPS) is 18.9. The molecular weight excluding hydrogens is 262 g/mol. The molecule has 1 aliphatic heterocycles. The Hall–Kier alpha value is -2.01. The molecule has 2 aromatic rings. The lowest BCUT2D eigenvalue weighted by Crippen LogP contribution is -2.26. The fourth-order valence-electron chi connectivity index (χ4n) is 2.76. The first-order chi connectivity index (χ1) is 10.2. The zero-order valence-corrected chi connectivity index (χ0v) is 12.6. The van der Waals surface area contributed by atoms with Crippen molar-refractivity contribution in [3.05, 3.63) is 47.7 Å². The van der Waals surface area contributed by atoms with Gasteiger partial charge in [0.05, 0.1) is 0 Å². The van der Waals surface area contributed by atoms with Crippen LogP contribution in [0, 0.1) is 13.8 Å². The van der Waals surface area contributed by atoms with Gasteiger partial charge in [0.15, 0.2) is 0 Å². The maximum Gasteiger partial charge on any atom is 0.129 e. The fourth-order valence-corrected chi connectivity index (χ4v) is 2.76. The van der Waals surface area contributed by atoms with Crippen LogP contribution in [-0.2, 0) is 6.54 Å². The number of anilines is 1. The lowest BCUT2D eigenvalue weighted by molar-refractivity contribution is 0.327. The Morgan fingerprint density at radius 3 is 3.00 bits per heavy atom. The van der Waals surface area contributed by atoms with Gasteiger partial charge in [-0.05, 0) is 31.9 Å². The number of nitrogens with zero attached hydrogens (tertiary/aromatic N) is 4. The Bertz CT molecular complexity index is 613. The molecule has 1 fully saturated rings. The van der Waals surface area contributed by atoms with E-state index in [0.29, 0.717) is 6.04 Å². The summed E-state index contributed by atoms with van der Waals surface area (Å²) in [5, 5.41) is 3.50. The molecule has 0 aromatic carbocycles. The SMILES string of the molecule is Cc1cc(NC2CCN(Cc3cccnc3C)C2)ncn1. The summed E-state index contributed by atoms with van der Waals surface area (Å²) in [6, 6.07) is 6.62. The number of hydrogen-bond acceptors (Lipinski definition) is 5. The number of nitrogens with one attached hydrogen (secondary N) is 1. The van der Waals surface area contributed by atoms with Gasteiger partial charge in [-0.2, -0.15) is 0 Å². The average molecular weight is 283 g/mol. The summed E-state index contributed by atoms with van der Waals surface area (Å²) in [6.07, 6.45) is 4.61. The van der Waals surface area contributed by atoms with E-state index in [1.807, 2.05) is 25.3 Å². The smallest absolute Gasteiger partial charge is 0.129 e. The maximum atomic E-state index is 4.36. The average Bonchev–Trinajstić information content (AvgIpc) is 2.89. The Balaban J connectivity index is 1.57. The van der Waals surface area contributed by atoms with Crippen LogP contribution in [-0.4, -0.2) is 39.0 Å². The summed E-state index contributed by atoms with van der Waals surface area (Å²) in [6.45, 7) is 7.18. The molecule has 3 heterocycles. The Morgan fingerprint density at radius 2 is 2.19 bits per heavy atom. The molecule has 1 unspecified atom stereocenters. The molecule has 1 saturated heterocycles. The van der Waals surface area contributed by atoms with Gasteiger partial charge in [-0.3, -0.25) is 9.88 Å². The molecule has 110 valence electrons. The minimum atomic E-state index is 0.455. The molecule has 2 aromatic heterocycles. The number of hydrogen-bond donors (Lipinski definition) is 1. The summed E-state index contributed by atoms with van der Waals surface area (Å²) >= 11 is 0. The van der Waals surface area contributed by atoms with E-state index in [4.69, 9.17) is 0 Å². The third-order valence-corrected chi connectivity index (χ3v) is 3.94. The predicted molar refractivity (Wildman–Crippen MR) is 83.0 cm³/mol. The van der Waals surface area contributed by atoms with Crippen LogP contribution in [0.15, 0.2) is 30.7 Å². The minimum Gasteiger partial charge on any atom is -0.366 e. The van der Waals surface area contributed by atoms with Crippen molar-refractivity contribution in [2.75, 3.05) is 18.4 Å². The van der Waals surface area contributed by atoms with E-state index in [-0.39, 0.29) is 0 Å². The highest BCUT2D eigenvalue weighted by molar-refractivity contribution is 5.36. The minimum absolute atomic E-state index is 0.455. The predicted octanol–water partition coefficient (Wildman–Crippen LogP) is 2.17. The quantitative estimate of drug-likeness (QED) is 0.932. The van der Waals surface area contributed by atoms with Crippen molar-refractivity contribution in [2.24, 2.45) is 0 Å². The highest BCUT2D eigenvalue weighted by atomic mass is 15.2. The van der Waals surface area contributed by atoms with Crippen molar-refractivity contribution in [1.29, 1.82) is 0 Å². The molecule has 1 N–H and O–H groups in total. The Kier molecular flexibility index (Phi) is 4.10. The van der Waals surface area contributed by atoms with E-state index < -0.39 is 0 Å². The van der Waals surface area contributed by atoms with Crippen LogP contribution in [0.4, 0.5) is 5.82 Å². The number of aromatic nitrogens is 3. The van der Waals surface area contributed by atoms with E-state index in [0.717, 1.165) is 43.3 Å². The van der Waals surface area contributed by atoms with Gasteiger partial charge in [-0.1, -0.05) is 6.07 Å². The summed E-state index contributed by atoms with van der Waals surface area (Å²) < 4.78 is 0. The summed E-state index contributed by atoms with van der Waals surface area (Å²) in [4.78, 5) is 15.2. The van der Waals surface area contributed by atoms with Gasteiger partial charge in [0.25, 0.3) is 0 Å². The van der Waals surface area contributed by atoms with Crippen LogP contribution in [0.3, 0.4) is 0 Å². The monoisotopic (exact) mass is 283 g/mol. The molecule has 0 amide bonds. The Labute approximate surface area is 125 Å². The summed E-state index contributed by atoms with van der Waals surface area (Å²) in [5.41, 5.74) is 3.43. The third-order valence-electron chi connectivity index (χ3n) is 3.94. The molecule has 1 atom stereocenters. The summed E-state index contributed by atoms with van der Waals surface area (Å²) in [5.74, 6) is 0.923. The summed E-state index contributed by atoms with van der Waals surface area (Å²) in [7, 11) is 0. The lowest BCUT2D eigenvalue weighted by atomic mass is 10.2. The van der Waals surface area contributed by atoms with Crippen molar-refractivity contribution in [2.45, 2.75) is 32.9 Å². The van der Waals surface area contributed by atoms with Crippen molar-refractivity contribution in [3.63, 3.8) is 0 Å². The van der Waals surface area contributed by atoms with Crippen molar-refractivity contribution in [1.82, 2.24) is 19.9 Å². The van der Waals surface area contributed by atoms with Gasteiger partial charge < -0.3 is 5.32 Å². The molecule has 5 heteroatoms.